The lowest BCUT2D eigenvalue weighted by Crippen LogP contribution is -2.56. The van der Waals surface area contributed by atoms with Gasteiger partial charge in [-0.3, -0.25) is 9.69 Å². The zero-order valence-electron chi connectivity index (χ0n) is 16.6. The number of benzene rings is 1. The van der Waals surface area contributed by atoms with Gasteiger partial charge in [-0.05, 0) is 49.4 Å². The van der Waals surface area contributed by atoms with E-state index in [1.54, 1.807) is 7.11 Å². The third-order valence-corrected chi connectivity index (χ3v) is 5.84. The summed E-state index contributed by atoms with van der Waals surface area (Å²) in [4.78, 5) is 19.8. The molecule has 0 N–H and O–H groups in total. The highest BCUT2D eigenvalue weighted by atomic mass is 16.5. The maximum absolute atomic E-state index is 13.0. The highest BCUT2D eigenvalue weighted by Gasteiger charge is 2.32. The van der Waals surface area contributed by atoms with Gasteiger partial charge in [0.15, 0.2) is 0 Å². The van der Waals surface area contributed by atoms with Gasteiger partial charge in [0.2, 0.25) is 5.91 Å². The highest BCUT2D eigenvalue weighted by Crippen LogP contribution is 2.24. The minimum atomic E-state index is -0.0227. The van der Waals surface area contributed by atoms with E-state index in [-0.39, 0.29) is 6.04 Å². The van der Waals surface area contributed by atoms with Gasteiger partial charge in [-0.2, -0.15) is 0 Å². The highest BCUT2D eigenvalue weighted by molar-refractivity contribution is 5.81. The van der Waals surface area contributed by atoms with E-state index in [0.29, 0.717) is 17.7 Å². The molecule has 2 aliphatic heterocycles. The maximum Gasteiger partial charge on any atom is 0.239 e. The summed E-state index contributed by atoms with van der Waals surface area (Å²) in [6.45, 7) is 12.2. The number of hydrogen-bond acceptors (Lipinski definition) is 4. The molecule has 0 bridgehead atoms. The van der Waals surface area contributed by atoms with E-state index in [0.717, 1.165) is 45.0 Å². The van der Waals surface area contributed by atoms with Crippen molar-refractivity contribution >= 4 is 11.6 Å². The van der Waals surface area contributed by atoms with Crippen LogP contribution in [0.15, 0.2) is 24.3 Å². The first-order valence-electron chi connectivity index (χ1n) is 9.89. The van der Waals surface area contributed by atoms with Crippen LogP contribution in [0.4, 0.5) is 5.69 Å². The average molecular weight is 360 g/mol. The molecule has 2 saturated heterocycles. The van der Waals surface area contributed by atoms with Crippen molar-refractivity contribution in [2.75, 3.05) is 51.3 Å². The van der Waals surface area contributed by atoms with Crippen LogP contribution in [0.2, 0.25) is 0 Å². The zero-order valence-corrected chi connectivity index (χ0v) is 16.6. The van der Waals surface area contributed by atoms with Gasteiger partial charge in [0, 0.05) is 45.0 Å². The molecule has 0 saturated carbocycles. The molecule has 144 valence electrons. The number of nitrogens with zero attached hydrogens (tertiary/aromatic N) is 3. The molecule has 0 aromatic heterocycles. The molecule has 0 aliphatic carbocycles. The Morgan fingerprint density at radius 3 is 2.15 bits per heavy atom. The van der Waals surface area contributed by atoms with E-state index in [1.807, 2.05) is 12.1 Å². The lowest BCUT2D eigenvalue weighted by Gasteiger charge is -2.42. The molecule has 1 aromatic carbocycles. The van der Waals surface area contributed by atoms with Gasteiger partial charge in [0.25, 0.3) is 0 Å². The molecular formula is C21H33N3O2. The summed E-state index contributed by atoms with van der Waals surface area (Å²) < 4.78 is 5.24. The van der Waals surface area contributed by atoms with E-state index in [2.05, 4.69) is 47.6 Å². The van der Waals surface area contributed by atoms with Crippen LogP contribution in [0, 0.1) is 11.8 Å². The normalized spacial score (nSPS) is 25.8. The van der Waals surface area contributed by atoms with Gasteiger partial charge in [-0.15, -0.1) is 0 Å². The Morgan fingerprint density at radius 1 is 1.04 bits per heavy atom. The number of anilines is 1. The Morgan fingerprint density at radius 2 is 1.62 bits per heavy atom. The third kappa shape index (κ3) is 4.32. The number of piperazine rings is 1. The molecule has 2 heterocycles. The zero-order chi connectivity index (χ0) is 18.7. The number of rotatable bonds is 4. The molecule has 0 unspecified atom stereocenters. The number of ether oxygens (including phenoxy) is 1. The van der Waals surface area contributed by atoms with Crippen LogP contribution < -0.4 is 9.64 Å². The van der Waals surface area contributed by atoms with Gasteiger partial charge in [-0.1, -0.05) is 13.8 Å². The van der Waals surface area contributed by atoms with Crippen LogP contribution in [0.25, 0.3) is 0 Å². The first-order valence-corrected chi connectivity index (χ1v) is 9.89. The second-order valence-electron chi connectivity index (χ2n) is 8.09. The van der Waals surface area contributed by atoms with Gasteiger partial charge in [0.05, 0.1) is 13.2 Å². The van der Waals surface area contributed by atoms with Crippen LogP contribution in [0.5, 0.6) is 5.75 Å². The van der Waals surface area contributed by atoms with Crippen molar-refractivity contribution in [1.29, 1.82) is 0 Å². The molecule has 5 heteroatoms. The minimum Gasteiger partial charge on any atom is -0.497 e. The largest absolute Gasteiger partial charge is 0.497 e. The Hall–Kier alpha value is -1.75. The number of carbonyl (C=O) groups excluding carboxylic acids is 1. The molecule has 26 heavy (non-hydrogen) atoms. The smallest absolute Gasteiger partial charge is 0.239 e. The van der Waals surface area contributed by atoms with Crippen LogP contribution in [-0.4, -0.2) is 68.1 Å². The van der Waals surface area contributed by atoms with Gasteiger partial charge in [0.1, 0.15) is 5.75 Å². The Kier molecular flexibility index (Phi) is 6.07. The first-order chi connectivity index (χ1) is 12.5. The lowest BCUT2D eigenvalue weighted by atomic mass is 9.91. The summed E-state index contributed by atoms with van der Waals surface area (Å²) in [6.07, 6.45) is 1.23. The predicted molar refractivity (Wildman–Crippen MR) is 106 cm³/mol. The molecule has 5 nitrogen and oxygen atoms in total. The molecule has 3 rings (SSSR count). The molecule has 1 amide bonds. The number of amides is 1. The Labute approximate surface area is 157 Å². The van der Waals surface area contributed by atoms with Crippen LogP contribution in [0.3, 0.4) is 0 Å². The van der Waals surface area contributed by atoms with Crippen molar-refractivity contribution in [3.05, 3.63) is 24.3 Å². The SMILES string of the molecule is COc1ccc(N2CCN([C@H](C)C(=O)N3C[C@@H](C)C[C@H](C)C3)CC2)cc1. The fraction of sp³-hybridized carbons (Fsp3) is 0.667. The second kappa shape index (κ2) is 8.30. The summed E-state index contributed by atoms with van der Waals surface area (Å²) in [5.74, 6) is 2.42. The van der Waals surface area contributed by atoms with E-state index >= 15 is 0 Å². The summed E-state index contributed by atoms with van der Waals surface area (Å²) in [6, 6.07) is 8.21. The number of likely N-dealkylation sites (tertiary alicyclic amines) is 1. The number of methoxy groups -OCH3 is 1. The molecule has 0 spiro atoms. The van der Waals surface area contributed by atoms with Gasteiger partial charge < -0.3 is 14.5 Å². The van der Waals surface area contributed by atoms with E-state index in [4.69, 9.17) is 4.74 Å². The van der Waals surface area contributed by atoms with Crippen LogP contribution in [0.1, 0.15) is 27.2 Å². The quantitative estimate of drug-likeness (QED) is 0.828. The topological polar surface area (TPSA) is 36.0 Å². The van der Waals surface area contributed by atoms with Gasteiger partial charge >= 0.3 is 0 Å². The van der Waals surface area contributed by atoms with Crippen molar-refractivity contribution in [3.63, 3.8) is 0 Å². The van der Waals surface area contributed by atoms with Crippen LogP contribution in [-0.2, 0) is 4.79 Å². The van der Waals surface area contributed by atoms with E-state index < -0.39 is 0 Å². The summed E-state index contributed by atoms with van der Waals surface area (Å²) >= 11 is 0. The summed E-state index contributed by atoms with van der Waals surface area (Å²) in [7, 11) is 1.69. The average Bonchev–Trinajstić information content (AvgIpc) is 2.66. The molecule has 2 fully saturated rings. The van der Waals surface area contributed by atoms with Gasteiger partial charge in [-0.25, -0.2) is 0 Å². The standard InChI is InChI=1S/C21H33N3O2/c1-16-13-17(2)15-24(14-16)21(25)18(3)22-9-11-23(12-10-22)19-5-7-20(26-4)8-6-19/h5-8,16-18H,9-15H2,1-4H3/t16-,17-,18+/m0/s1. The minimum absolute atomic E-state index is 0.0227. The van der Waals surface area contributed by atoms with Crippen molar-refractivity contribution in [1.82, 2.24) is 9.80 Å². The van der Waals surface area contributed by atoms with E-state index in [1.165, 1.54) is 12.1 Å². The van der Waals surface area contributed by atoms with Crippen molar-refractivity contribution < 1.29 is 9.53 Å². The van der Waals surface area contributed by atoms with Crippen molar-refractivity contribution in [3.8, 4) is 5.75 Å². The summed E-state index contributed by atoms with van der Waals surface area (Å²) in [5, 5.41) is 0. The molecule has 1 aromatic rings. The molecule has 2 aliphatic rings. The fourth-order valence-corrected chi connectivity index (χ4v) is 4.42. The fourth-order valence-electron chi connectivity index (χ4n) is 4.42. The molecular weight excluding hydrogens is 326 g/mol. The molecule has 0 radical (unpaired) electrons. The molecule has 3 atom stereocenters. The number of hydrogen-bond donors (Lipinski definition) is 0. The Bertz CT molecular complexity index is 586. The summed E-state index contributed by atoms with van der Waals surface area (Å²) in [5.41, 5.74) is 1.23. The predicted octanol–water partition coefficient (Wildman–Crippen LogP) is 2.71. The van der Waals surface area contributed by atoms with Crippen LogP contribution >= 0.6 is 0 Å². The second-order valence-corrected chi connectivity index (χ2v) is 8.09. The first kappa shape index (κ1) is 19.0. The van der Waals surface area contributed by atoms with Crippen molar-refractivity contribution in [2.45, 2.75) is 33.2 Å². The Balaban J connectivity index is 1.54. The monoisotopic (exact) mass is 359 g/mol. The maximum atomic E-state index is 13.0. The third-order valence-electron chi connectivity index (χ3n) is 5.84. The van der Waals surface area contributed by atoms with E-state index in [9.17, 15) is 4.79 Å². The number of carbonyl (C=O) groups is 1. The number of piperidine rings is 1. The lowest BCUT2D eigenvalue weighted by molar-refractivity contribution is -0.139. The van der Waals surface area contributed by atoms with Crippen molar-refractivity contribution in [2.24, 2.45) is 11.8 Å².